The number of carbonyl (C=O) groups is 2. The fourth-order valence-electron chi connectivity index (χ4n) is 2.73. The zero-order valence-corrected chi connectivity index (χ0v) is 18.3. The summed E-state index contributed by atoms with van der Waals surface area (Å²) in [5.74, 6) is -0.333. The van der Waals surface area contributed by atoms with Crippen LogP contribution in [0.4, 0.5) is 0 Å². The van der Waals surface area contributed by atoms with Crippen LogP contribution in [0.1, 0.15) is 52.6 Å². The van der Waals surface area contributed by atoms with Crippen molar-refractivity contribution in [1.29, 1.82) is 0 Å². The Labute approximate surface area is 186 Å². The van der Waals surface area contributed by atoms with Crippen molar-refractivity contribution >= 4 is 29.7 Å². The molecular formula is C25H23ClN2O3. The zero-order chi connectivity index (χ0) is 22.4. The summed E-state index contributed by atoms with van der Waals surface area (Å²) in [4.78, 5) is 24.4. The van der Waals surface area contributed by atoms with Gasteiger partial charge in [-0.1, -0.05) is 44.5 Å². The monoisotopic (exact) mass is 434 g/mol. The third kappa shape index (κ3) is 6.27. The van der Waals surface area contributed by atoms with Crippen molar-refractivity contribution in [1.82, 2.24) is 5.43 Å². The van der Waals surface area contributed by atoms with Crippen molar-refractivity contribution in [3.63, 3.8) is 0 Å². The molecule has 0 spiro atoms. The molecule has 0 saturated heterocycles. The number of carbonyl (C=O) groups excluding carboxylic acids is 2. The largest absolute Gasteiger partial charge is 0.423 e. The molecule has 0 aromatic heterocycles. The average molecular weight is 435 g/mol. The summed E-state index contributed by atoms with van der Waals surface area (Å²) in [5.41, 5.74) is 5.31. The first-order chi connectivity index (χ1) is 14.7. The Morgan fingerprint density at radius 1 is 0.871 bits per heavy atom. The molecule has 0 heterocycles. The number of halogens is 1. The van der Waals surface area contributed by atoms with E-state index in [0.717, 1.165) is 11.1 Å². The van der Waals surface area contributed by atoms with Gasteiger partial charge in [0.1, 0.15) is 5.75 Å². The molecule has 0 aliphatic heterocycles. The number of hydrogen-bond acceptors (Lipinski definition) is 4. The van der Waals surface area contributed by atoms with Crippen molar-refractivity contribution in [2.24, 2.45) is 5.10 Å². The molecule has 1 amide bonds. The van der Waals surface area contributed by atoms with Crippen LogP contribution in [0.25, 0.3) is 0 Å². The number of nitrogens with zero attached hydrogens (tertiary/aromatic N) is 1. The normalized spacial score (nSPS) is 11.4. The number of rotatable bonds is 5. The minimum Gasteiger partial charge on any atom is -0.423 e. The molecule has 3 aromatic rings. The number of ether oxygens (including phenoxy) is 1. The van der Waals surface area contributed by atoms with Crippen molar-refractivity contribution in [2.45, 2.75) is 26.2 Å². The van der Waals surface area contributed by atoms with E-state index in [9.17, 15) is 9.59 Å². The van der Waals surface area contributed by atoms with Crippen LogP contribution in [-0.2, 0) is 5.41 Å². The van der Waals surface area contributed by atoms with Gasteiger partial charge in [0.05, 0.1) is 11.8 Å². The van der Waals surface area contributed by atoms with Gasteiger partial charge in [0, 0.05) is 10.6 Å². The van der Waals surface area contributed by atoms with E-state index in [2.05, 4.69) is 31.3 Å². The lowest BCUT2D eigenvalue weighted by atomic mass is 9.87. The molecule has 3 rings (SSSR count). The highest BCUT2D eigenvalue weighted by atomic mass is 35.5. The molecule has 3 aromatic carbocycles. The molecule has 0 fully saturated rings. The van der Waals surface area contributed by atoms with Gasteiger partial charge in [0.2, 0.25) is 0 Å². The summed E-state index contributed by atoms with van der Waals surface area (Å²) >= 11 is 5.81. The molecule has 31 heavy (non-hydrogen) atoms. The Morgan fingerprint density at radius 2 is 1.45 bits per heavy atom. The summed E-state index contributed by atoms with van der Waals surface area (Å²) in [6, 6.07) is 20.8. The van der Waals surface area contributed by atoms with Gasteiger partial charge in [-0.3, -0.25) is 4.79 Å². The summed E-state index contributed by atoms with van der Waals surface area (Å²) in [5, 5.41) is 4.50. The average Bonchev–Trinajstić information content (AvgIpc) is 2.75. The first-order valence-corrected chi connectivity index (χ1v) is 10.1. The summed E-state index contributed by atoms with van der Waals surface area (Å²) in [7, 11) is 0. The zero-order valence-electron chi connectivity index (χ0n) is 17.6. The molecule has 158 valence electrons. The third-order valence-electron chi connectivity index (χ3n) is 4.56. The molecular weight excluding hydrogens is 412 g/mol. The van der Waals surface area contributed by atoms with E-state index in [4.69, 9.17) is 16.3 Å². The minimum absolute atomic E-state index is 0.0219. The van der Waals surface area contributed by atoms with E-state index >= 15 is 0 Å². The number of nitrogens with one attached hydrogen (secondary N) is 1. The molecule has 0 bridgehead atoms. The Kier molecular flexibility index (Phi) is 6.88. The molecule has 0 aliphatic rings. The van der Waals surface area contributed by atoms with E-state index in [-0.39, 0.29) is 11.3 Å². The number of benzene rings is 3. The fourth-order valence-corrected chi connectivity index (χ4v) is 2.85. The lowest BCUT2D eigenvalue weighted by Crippen LogP contribution is -2.17. The summed E-state index contributed by atoms with van der Waals surface area (Å²) in [6.45, 7) is 6.36. The highest BCUT2D eigenvalue weighted by Gasteiger charge is 2.15. The standard InChI is InChI=1S/C25H23ClN2O3/c1-25(2,3)20-10-6-19(7-11-20)24(30)31-22-14-4-17(5-15-22)16-27-28-23(29)18-8-12-21(26)13-9-18/h4-16H,1-3H3,(H,28,29)/b27-16+. The van der Waals surface area contributed by atoms with Gasteiger partial charge in [-0.05, 0) is 77.2 Å². The molecule has 1 N–H and O–H groups in total. The van der Waals surface area contributed by atoms with Crippen LogP contribution in [0.15, 0.2) is 77.9 Å². The maximum Gasteiger partial charge on any atom is 0.343 e. The number of hydrazone groups is 1. The van der Waals surface area contributed by atoms with E-state index in [1.807, 2.05) is 12.1 Å². The maximum atomic E-state index is 12.4. The third-order valence-corrected chi connectivity index (χ3v) is 4.82. The second-order valence-electron chi connectivity index (χ2n) is 7.99. The van der Waals surface area contributed by atoms with Crippen LogP contribution < -0.4 is 10.2 Å². The first kappa shape index (κ1) is 22.2. The Morgan fingerprint density at radius 3 is 2.03 bits per heavy atom. The second-order valence-corrected chi connectivity index (χ2v) is 8.43. The van der Waals surface area contributed by atoms with Crippen LogP contribution in [0.5, 0.6) is 5.75 Å². The smallest absolute Gasteiger partial charge is 0.343 e. The van der Waals surface area contributed by atoms with E-state index in [1.54, 1.807) is 60.7 Å². The van der Waals surface area contributed by atoms with Gasteiger partial charge >= 0.3 is 5.97 Å². The molecule has 0 aliphatic carbocycles. The highest BCUT2D eigenvalue weighted by Crippen LogP contribution is 2.22. The summed E-state index contributed by atoms with van der Waals surface area (Å²) < 4.78 is 5.43. The second kappa shape index (κ2) is 9.58. The molecule has 0 atom stereocenters. The minimum atomic E-state index is -0.419. The van der Waals surface area contributed by atoms with E-state index in [0.29, 0.717) is 21.9 Å². The van der Waals surface area contributed by atoms with Crippen molar-refractivity contribution in [3.8, 4) is 5.75 Å². The van der Waals surface area contributed by atoms with Crippen molar-refractivity contribution in [3.05, 3.63) is 100 Å². The Hall–Kier alpha value is -3.44. The Balaban J connectivity index is 1.56. The van der Waals surface area contributed by atoms with E-state index < -0.39 is 5.97 Å². The number of amides is 1. The molecule has 0 saturated carbocycles. The predicted octanol–water partition coefficient (Wildman–Crippen LogP) is 5.62. The molecule has 0 radical (unpaired) electrons. The van der Waals surface area contributed by atoms with Crippen molar-refractivity contribution in [2.75, 3.05) is 0 Å². The maximum absolute atomic E-state index is 12.4. The van der Waals surface area contributed by atoms with Gasteiger partial charge in [0.25, 0.3) is 5.91 Å². The van der Waals surface area contributed by atoms with Crippen molar-refractivity contribution < 1.29 is 14.3 Å². The Bertz CT molecular complexity index is 1080. The molecule has 0 unspecified atom stereocenters. The quantitative estimate of drug-likeness (QED) is 0.245. The van der Waals surface area contributed by atoms with Crippen LogP contribution in [0.3, 0.4) is 0 Å². The van der Waals surface area contributed by atoms with Crippen LogP contribution >= 0.6 is 11.6 Å². The van der Waals surface area contributed by atoms with Crippen LogP contribution in [0.2, 0.25) is 5.02 Å². The lowest BCUT2D eigenvalue weighted by molar-refractivity contribution is 0.0734. The predicted molar refractivity (Wildman–Crippen MR) is 123 cm³/mol. The summed E-state index contributed by atoms with van der Waals surface area (Å²) in [6.07, 6.45) is 1.50. The molecule has 5 nitrogen and oxygen atoms in total. The van der Waals surface area contributed by atoms with Gasteiger partial charge in [-0.25, -0.2) is 10.2 Å². The SMILES string of the molecule is CC(C)(C)c1ccc(C(=O)Oc2ccc(/C=N/NC(=O)c3ccc(Cl)cc3)cc2)cc1. The number of esters is 1. The first-order valence-electron chi connectivity index (χ1n) is 9.74. The van der Waals surface area contributed by atoms with Gasteiger partial charge < -0.3 is 4.74 Å². The van der Waals surface area contributed by atoms with E-state index in [1.165, 1.54) is 6.21 Å². The van der Waals surface area contributed by atoms with Crippen LogP contribution in [0, 0.1) is 0 Å². The van der Waals surface area contributed by atoms with Gasteiger partial charge in [-0.15, -0.1) is 0 Å². The fraction of sp³-hybridized carbons (Fsp3) is 0.160. The van der Waals surface area contributed by atoms with Gasteiger partial charge in [0.15, 0.2) is 0 Å². The molecule has 6 heteroatoms. The number of hydrogen-bond donors (Lipinski definition) is 1. The van der Waals surface area contributed by atoms with Crippen LogP contribution in [-0.4, -0.2) is 18.1 Å². The lowest BCUT2D eigenvalue weighted by Gasteiger charge is -2.18. The highest BCUT2D eigenvalue weighted by molar-refractivity contribution is 6.30. The topological polar surface area (TPSA) is 67.8 Å². The van der Waals surface area contributed by atoms with Gasteiger partial charge in [-0.2, -0.15) is 5.10 Å².